The minimum absolute atomic E-state index is 0.00278. The van der Waals surface area contributed by atoms with Crippen molar-refractivity contribution in [2.75, 3.05) is 19.8 Å². The van der Waals surface area contributed by atoms with Crippen molar-refractivity contribution >= 4 is 11.8 Å². The number of rotatable bonds is 5. The zero-order chi connectivity index (χ0) is 15.5. The fourth-order valence-corrected chi connectivity index (χ4v) is 3.61. The lowest BCUT2D eigenvalue weighted by Crippen LogP contribution is -2.72. The van der Waals surface area contributed by atoms with Gasteiger partial charge >= 0.3 is 0 Å². The first-order valence-corrected chi connectivity index (χ1v) is 8.22. The zero-order valence-electron chi connectivity index (χ0n) is 13.5. The number of carbonyl (C=O) groups is 2. The Bertz CT molecular complexity index is 389. The van der Waals surface area contributed by atoms with Crippen molar-refractivity contribution in [2.45, 2.75) is 64.5 Å². The molecule has 1 N–H and O–H groups in total. The number of piperazine rings is 1. The van der Waals surface area contributed by atoms with Gasteiger partial charge in [0.25, 0.3) is 0 Å². The lowest BCUT2D eigenvalue weighted by molar-refractivity contribution is -0.159. The lowest BCUT2D eigenvalue weighted by atomic mass is 9.77. The monoisotopic (exact) mass is 296 g/mol. The largest absolute Gasteiger partial charge is 0.380 e. The summed E-state index contributed by atoms with van der Waals surface area (Å²) in [6.07, 6.45) is 4.72. The molecule has 1 aliphatic carbocycles. The van der Waals surface area contributed by atoms with Crippen molar-refractivity contribution < 1.29 is 14.3 Å². The highest BCUT2D eigenvalue weighted by Gasteiger charge is 2.51. The Morgan fingerprint density at radius 1 is 1.29 bits per heavy atom. The first kappa shape index (κ1) is 16.3. The summed E-state index contributed by atoms with van der Waals surface area (Å²) in [5, 5.41) is 3.06. The maximum atomic E-state index is 13.0. The first-order valence-electron chi connectivity index (χ1n) is 8.22. The van der Waals surface area contributed by atoms with Crippen LogP contribution in [0.3, 0.4) is 0 Å². The van der Waals surface area contributed by atoms with Gasteiger partial charge in [-0.3, -0.25) is 9.59 Å². The van der Waals surface area contributed by atoms with E-state index in [0.717, 1.165) is 32.1 Å². The average Bonchev–Trinajstić information content (AvgIpc) is 2.45. The Morgan fingerprint density at radius 2 is 1.95 bits per heavy atom. The minimum Gasteiger partial charge on any atom is -0.380 e. The number of hydrogen-bond acceptors (Lipinski definition) is 3. The maximum absolute atomic E-state index is 13.0. The molecule has 2 aliphatic rings. The predicted molar refractivity (Wildman–Crippen MR) is 80.8 cm³/mol. The molecular formula is C16H28N2O3. The van der Waals surface area contributed by atoms with Crippen LogP contribution in [0.25, 0.3) is 0 Å². The van der Waals surface area contributed by atoms with Gasteiger partial charge in [-0.25, -0.2) is 0 Å². The van der Waals surface area contributed by atoms with Crippen molar-refractivity contribution in [3.63, 3.8) is 0 Å². The molecule has 21 heavy (non-hydrogen) atoms. The molecule has 2 amide bonds. The summed E-state index contributed by atoms with van der Waals surface area (Å²) < 4.78 is 5.40. The molecule has 1 saturated carbocycles. The fourth-order valence-electron chi connectivity index (χ4n) is 3.61. The molecule has 1 spiro atoms. The summed E-state index contributed by atoms with van der Waals surface area (Å²) in [6.45, 7) is 7.55. The summed E-state index contributed by atoms with van der Waals surface area (Å²) in [6, 6.07) is -0.370. The summed E-state index contributed by atoms with van der Waals surface area (Å²) in [5.41, 5.74) is -0.646. The van der Waals surface area contributed by atoms with Crippen LogP contribution in [-0.4, -0.2) is 48.1 Å². The molecule has 1 atom stereocenters. The Balaban J connectivity index is 2.20. The number of hydrogen-bond donors (Lipinski definition) is 1. The highest BCUT2D eigenvalue weighted by molar-refractivity contribution is 6.00. The molecule has 0 aromatic rings. The average molecular weight is 296 g/mol. The van der Waals surface area contributed by atoms with Gasteiger partial charge in [-0.2, -0.15) is 0 Å². The molecule has 1 saturated heterocycles. The van der Waals surface area contributed by atoms with Crippen LogP contribution in [0.5, 0.6) is 0 Å². The van der Waals surface area contributed by atoms with Gasteiger partial charge in [0.15, 0.2) is 0 Å². The third-order valence-corrected chi connectivity index (χ3v) is 4.66. The van der Waals surface area contributed by atoms with Crippen LogP contribution in [0.4, 0.5) is 0 Å². The van der Waals surface area contributed by atoms with Crippen molar-refractivity contribution in [2.24, 2.45) is 5.92 Å². The van der Waals surface area contributed by atoms with Crippen LogP contribution >= 0.6 is 0 Å². The topological polar surface area (TPSA) is 58.6 Å². The van der Waals surface area contributed by atoms with E-state index in [4.69, 9.17) is 4.74 Å². The van der Waals surface area contributed by atoms with E-state index in [-0.39, 0.29) is 23.8 Å². The Morgan fingerprint density at radius 3 is 2.52 bits per heavy atom. The summed E-state index contributed by atoms with van der Waals surface area (Å²) in [4.78, 5) is 27.3. The van der Waals surface area contributed by atoms with Crippen LogP contribution in [0.2, 0.25) is 0 Å². The van der Waals surface area contributed by atoms with Crippen molar-refractivity contribution in [1.82, 2.24) is 10.2 Å². The van der Waals surface area contributed by atoms with Crippen LogP contribution in [0.1, 0.15) is 52.9 Å². The van der Waals surface area contributed by atoms with Gasteiger partial charge in [0, 0.05) is 13.2 Å². The molecule has 0 aromatic heterocycles. The zero-order valence-corrected chi connectivity index (χ0v) is 13.5. The van der Waals surface area contributed by atoms with E-state index >= 15 is 0 Å². The second kappa shape index (κ2) is 6.77. The molecule has 120 valence electrons. The fraction of sp³-hybridized carbons (Fsp3) is 0.875. The molecule has 0 bridgehead atoms. The SMILES string of the molecule is CCOCCN1C(=O)C2(CCCCC2)NC(=O)C1C(C)C. The summed E-state index contributed by atoms with van der Waals surface area (Å²) >= 11 is 0. The van der Waals surface area contributed by atoms with E-state index < -0.39 is 5.54 Å². The smallest absolute Gasteiger partial charge is 0.249 e. The number of carbonyl (C=O) groups excluding carboxylic acids is 2. The highest BCUT2D eigenvalue weighted by atomic mass is 16.5. The quantitative estimate of drug-likeness (QED) is 0.786. The molecule has 2 rings (SSSR count). The van der Waals surface area contributed by atoms with E-state index in [1.54, 1.807) is 4.90 Å². The molecule has 1 heterocycles. The number of ether oxygens (including phenoxy) is 1. The summed E-state index contributed by atoms with van der Waals surface area (Å²) in [5.74, 6) is 0.208. The molecule has 1 aliphatic heterocycles. The van der Waals surface area contributed by atoms with Gasteiger partial charge in [0.2, 0.25) is 11.8 Å². The molecule has 0 aromatic carbocycles. The molecule has 5 nitrogen and oxygen atoms in total. The van der Waals surface area contributed by atoms with Gasteiger partial charge in [-0.05, 0) is 25.7 Å². The van der Waals surface area contributed by atoms with Crippen LogP contribution in [0.15, 0.2) is 0 Å². The predicted octanol–water partition coefficient (Wildman–Crippen LogP) is 1.71. The summed E-state index contributed by atoms with van der Waals surface area (Å²) in [7, 11) is 0. The third kappa shape index (κ3) is 3.23. The molecule has 2 fully saturated rings. The third-order valence-electron chi connectivity index (χ3n) is 4.66. The Kier molecular flexibility index (Phi) is 5.25. The van der Waals surface area contributed by atoms with Crippen LogP contribution in [0, 0.1) is 5.92 Å². The molecule has 1 unspecified atom stereocenters. The second-order valence-corrected chi connectivity index (χ2v) is 6.52. The highest BCUT2D eigenvalue weighted by Crippen LogP contribution is 2.34. The van der Waals surface area contributed by atoms with Crippen molar-refractivity contribution in [3.8, 4) is 0 Å². The standard InChI is InChI=1S/C16H28N2O3/c1-4-21-11-10-18-13(12(2)3)14(19)17-16(15(18)20)8-6-5-7-9-16/h12-13H,4-11H2,1-3H3,(H,17,19). The lowest BCUT2D eigenvalue weighted by Gasteiger charge is -2.48. The van der Waals surface area contributed by atoms with Gasteiger partial charge < -0.3 is 15.0 Å². The van der Waals surface area contributed by atoms with E-state index in [0.29, 0.717) is 19.8 Å². The Hall–Kier alpha value is -1.10. The van der Waals surface area contributed by atoms with E-state index in [2.05, 4.69) is 5.32 Å². The molecular weight excluding hydrogens is 268 g/mol. The van der Waals surface area contributed by atoms with Crippen LogP contribution < -0.4 is 5.32 Å². The van der Waals surface area contributed by atoms with Gasteiger partial charge in [0.1, 0.15) is 11.6 Å². The van der Waals surface area contributed by atoms with E-state index in [9.17, 15) is 9.59 Å². The van der Waals surface area contributed by atoms with Gasteiger partial charge in [-0.1, -0.05) is 33.1 Å². The van der Waals surface area contributed by atoms with Crippen molar-refractivity contribution in [3.05, 3.63) is 0 Å². The van der Waals surface area contributed by atoms with Crippen molar-refractivity contribution in [1.29, 1.82) is 0 Å². The first-order chi connectivity index (χ1) is 10.0. The maximum Gasteiger partial charge on any atom is 0.249 e. The molecule has 0 radical (unpaired) electrons. The Labute approximate surface area is 127 Å². The second-order valence-electron chi connectivity index (χ2n) is 6.52. The van der Waals surface area contributed by atoms with E-state index in [1.165, 1.54) is 0 Å². The van der Waals surface area contributed by atoms with Crippen LogP contribution in [-0.2, 0) is 14.3 Å². The molecule has 5 heteroatoms. The number of nitrogens with one attached hydrogen (secondary N) is 1. The number of amides is 2. The van der Waals surface area contributed by atoms with Gasteiger partial charge in [0.05, 0.1) is 6.61 Å². The number of nitrogens with zero attached hydrogens (tertiary/aromatic N) is 1. The van der Waals surface area contributed by atoms with Gasteiger partial charge in [-0.15, -0.1) is 0 Å². The minimum atomic E-state index is -0.646. The normalized spacial score (nSPS) is 25.5. The van der Waals surface area contributed by atoms with E-state index in [1.807, 2.05) is 20.8 Å².